The smallest absolute Gasteiger partial charge is 0.416 e. The number of hydrogen-bond acceptors (Lipinski definition) is 1. The second kappa shape index (κ2) is 2.09. The fraction of sp³-hybridized carbons (Fsp3) is 0. The van der Waals surface area contributed by atoms with E-state index in [1.807, 2.05) is 0 Å². The predicted molar refractivity (Wildman–Crippen MR) is 20.0 cm³/mol. The lowest BCUT2D eigenvalue weighted by Crippen LogP contribution is -2.12. The average Bonchev–Trinajstić information content (AvgIpc) is 1.35. The highest BCUT2D eigenvalue weighted by Gasteiger charge is 1.80. The van der Waals surface area contributed by atoms with Gasteiger partial charge in [0, 0.05) is 6.04 Å². The Morgan fingerprint density at radius 2 is 2.50 bits per heavy atom. The lowest BCUT2D eigenvalue weighted by atomic mass is 11.0. The van der Waals surface area contributed by atoms with E-state index < -0.39 is 6.09 Å². The van der Waals surface area contributed by atoms with E-state index in [0.717, 1.165) is 0 Å². The molecule has 3 heteroatoms. The first-order valence-electron chi connectivity index (χ1n) is 1.22. The first-order valence-corrected chi connectivity index (χ1v) is 1.22. The average molecular weight is 85.1 g/mol. The zero-order chi connectivity index (χ0) is 4.99. The van der Waals surface area contributed by atoms with Crippen molar-refractivity contribution in [1.29, 1.82) is 0 Å². The van der Waals surface area contributed by atoms with Crippen LogP contribution in [0.15, 0.2) is 0 Å². The van der Waals surface area contributed by atoms with Gasteiger partial charge in [-0.1, -0.05) is 6.42 Å². The highest BCUT2D eigenvalue weighted by molar-refractivity contribution is 5.66. The molecule has 0 atom stereocenters. The minimum Gasteiger partial charge on any atom is -0.464 e. The number of carbonyl (C=O) groups is 1. The molecule has 0 spiro atoms. The van der Waals surface area contributed by atoms with E-state index in [9.17, 15) is 4.79 Å². The predicted octanol–water partition coefficient (Wildman–Crippen LogP) is -0.155. The highest BCUT2D eigenvalue weighted by Crippen LogP contribution is 1.49. The van der Waals surface area contributed by atoms with E-state index in [0.29, 0.717) is 0 Å². The van der Waals surface area contributed by atoms with Crippen LogP contribution in [0.5, 0.6) is 0 Å². The summed E-state index contributed by atoms with van der Waals surface area (Å²) in [6, 6.07) is 1.72. The summed E-state index contributed by atoms with van der Waals surface area (Å²) >= 11 is 0. The van der Waals surface area contributed by atoms with Crippen LogP contribution in [-0.2, 0) is 0 Å². The van der Waals surface area contributed by atoms with Crippen molar-refractivity contribution in [2.45, 2.75) is 0 Å². The zero-order valence-electron chi connectivity index (χ0n) is 2.93. The summed E-state index contributed by atoms with van der Waals surface area (Å²) in [5.74, 6) is 0. The molecule has 3 nitrogen and oxygen atoms in total. The fourth-order valence-electron chi connectivity index (χ4n) is 0.0617. The molecule has 2 N–H and O–H groups in total. The van der Waals surface area contributed by atoms with Crippen LogP contribution >= 0.6 is 0 Å². The third-order valence-electron chi connectivity index (χ3n) is 0.179. The summed E-state index contributed by atoms with van der Waals surface area (Å²) in [4.78, 5) is 9.35. The molecule has 32 valence electrons. The molecule has 0 rings (SSSR count). The number of rotatable bonds is 0. The molecule has 0 heterocycles. The van der Waals surface area contributed by atoms with Crippen molar-refractivity contribution < 1.29 is 9.90 Å². The van der Waals surface area contributed by atoms with Crippen molar-refractivity contribution in [2.24, 2.45) is 0 Å². The highest BCUT2D eigenvalue weighted by atomic mass is 16.4. The largest absolute Gasteiger partial charge is 0.464 e. The normalized spacial score (nSPS) is 5.83. The summed E-state index contributed by atoms with van der Waals surface area (Å²) in [5.41, 5.74) is 0. The first-order chi connectivity index (χ1) is 2.77. The van der Waals surface area contributed by atoms with Gasteiger partial charge in [-0.3, -0.25) is 5.32 Å². The molecule has 0 saturated heterocycles. The molecule has 0 bridgehead atoms. The maximum absolute atomic E-state index is 9.35. The Bertz CT molecular complexity index is 91.5. The van der Waals surface area contributed by atoms with Crippen LogP contribution in [0.2, 0.25) is 0 Å². The molecule has 1 amide bonds. The van der Waals surface area contributed by atoms with E-state index >= 15 is 0 Å². The van der Waals surface area contributed by atoms with Gasteiger partial charge in [0.25, 0.3) is 0 Å². The molecule has 0 aliphatic heterocycles. The molecule has 0 aliphatic carbocycles. The van der Waals surface area contributed by atoms with E-state index in [2.05, 4.69) is 6.42 Å². The maximum Gasteiger partial charge on any atom is 0.416 e. The number of terminal acetylenes is 1. The van der Waals surface area contributed by atoms with Crippen LogP contribution in [0.4, 0.5) is 4.79 Å². The van der Waals surface area contributed by atoms with Crippen molar-refractivity contribution in [1.82, 2.24) is 5.32 Å². The zero-order valence-corrected chi connectivity index (χ0v) is 2.93. The van der Waals surface area contributed by atoms with E-state index in [1.165, 1.54) is 0 Å². The molecule has 0 saturated carbocycles. The van der Waals surface area contributed by atoms with Gasteiger partial charge in [0.05, 0.1) is 0 Å². The third kappa shape index (κ3) is 2.83. The summed E-state index contributed by atoms with van der Waals surface area (Å²) in [5, 5.41) is 9.31. The molecule has 0 fully saturated rings. The Labute approximate surface area is 35.0 Å². The van der Waals surface area contributed by atoms with Crippen LogP contribution in [0.3, 0.4) is 0 Å². The standard InChI is InChI=1S/C3H3NO2/c1-2-4-3(5)6/h1,4H,(H,5,6). The van der Waals surface area contributed by atoms with Crippen molar-refractivity contribution in [3.05, 3.63) is 0 Å². The van der Waals surface area contributed by atoms with Crippen LogP contribution in [0.25, 0.3) is 0 Å². The molecular formula is C3H3NO2. The molecule has 0 aromatic heterocycles. The molecule has 0 aromatic carbocycles. The van der Waals surface area contributed by atoms with Gasteiger partial charge >= 0.3 is 6.09 Å². The molecule has 6 heavy (non-hydrogen) atoms. The minimum atomic E-state index is -1.20. The van der Waals surface area contributed by atoms with E-state index in [1.54, 1.807) is 11.4 Å². The number of amides is 1. The van der Waals surface area contributed by atoms with Gasteiger partial charge in [-0.25, -0.2) is 4.79 Å². The summed E-state index contributed by atoms with van der Waals surface area (Å²) in [7, 11) is 0. The van der Waals surface area contributed by atoms with Gasteiger partial charge in [0.2, 0.25) is 0 Å². The second-order valence-corrected chi connectivity index (χ2v) is 0.574. The summed E-state index contributed by atoms with van der Waals surface area (Å²) in [6.07, 6.45) is 3.29. The number of hydrogen-bond donors (Lipinski definition) is 2. The number of carboxylic acid groups (broad SMARTS) is 1. The van der Waals surface area contributed by atoms with Gasteiger partial charge in [-0.15, -0.1) is 0 Å². The van der Waals surface area contributed by atoms with Gasteiger partial charge in [-0.05, 0) is 0 Å². The third-order valence-corrected chi connectivity index (χ3v) is 0.179. The molecule has 0 unspecified atom stereocenters. The lowest BCUT2D eigenvalue weighted by molar-refractivity contribution is 0.199. The van der Waals surface area contributed by atoms with E-state index in [4.69, 9.17) is 5.11 Å². The van der Waals surface area contributed by atoms with Crippen molar-refractivity contribution in [2.75, 3.05) is 0 Å². The van der Waals surface area contributed by atoms with Crippen molar-refractivity contribution >= 4 is 6.09 Å². The van der Waals surface area contributed by atoms with Crippen molar-refractivity contribution in [3.8, 4) is 12.5 Å². The van der Waals surface area contributed by atoms with Gasteiger partial charge in [-0.2, -0.15) is 0 Å². The summed E-state index contributed by atoms with van der Waals surface area (Å²) < 4.78 is 0. The molecule has 0 aromatic rings. The van der Waals surface area contributed by atoms with Crippen LogP contribution < -0.4 is 5.32 Å². The Balaban J connectivity index is 3.13. The first kappa shape index (κ1) is 4.83. The topological polar surface area (TPSA) is 49.3 Å². The Morgan fingerprint density at radius 1 is 2.00 bits per heavy atom. The maximum atomic E-state index is 9.35. The van der Waals surface area contributed by atoms with E-state index in [-0.39, 0.29) is 0 Å². The Hall–Kier alpha value is -1.17. The SMILES string of the molecule is C#CNC(=O)O. The second-order valence-electron chi connectivity index (χ2n) is 0.574. The van der Waals surface area contributed by atoms with Gasteiger partial charge < -0.3 is 5.11 Å². The van der Waals surface area contributed by atoms with Gasteiger partial charge in [0.1, 0.15) is 0 Å². The van der Waals surface area contributed by atoms with Gasteiger partial charge in [0.15, 0.2) is 0 Å². The fourth-order valence-corrected chi connectivity index (χ4v) is 0.0617. The summed E-state index contributed by atoms with van der Waals surface area (Å²) in [6.45, 7) is 0. The monoisotopic (exact) mass is 85.0 g/mol. The van der Waals surface area contributed by atoms with Crippen LogP contribution in [0, 0.1) is 12.5 Å². The quantitative estimate of drug-likeness (QED) is 0.317. The molecule has 0 aliphatic rings. The molecule has 0 radical (unpaired) electrons. The lowest BCUT2D eigenvalue weighted by Gasteiger charge is -1.78. The minimum absolute atomic E-state index is 1.20. The van der Waals surface area contributed by atoms with Crippen LogP contribution in [-0.4, -0.2) is 11.2 Å². The molecular weight excluding hydrogens is 82.0 g/mol. The number of nitrogens with one attached hydrogen (secondary N) is 1. The Kier molecular flexibility index (Phi) is 1.68. The Morgan fingerprint density at radius 3 is 2.50 bits per heavy atom. The van der Waals surface area contributed by atoms with Crippen LogP contribution in [0.1, 0.15) is 0 Å². The van der Waals surface area contributed by atoms with Crippen molar-refractivity contribution in [3.63, 3.8) is 0 Å².